The van der Waals surface area contributed by atoms with Crippen LogP contribution in [0.5, 0.6) is 0 Å². The van der Waals surface area contributed by atoms with Gasteiger partial charge in [-0.3, -0.25) is 0 Å². The zero-order valence-electron chi connectivity index (χ0n) is 10.0. The Kier molecular flexibility index (Phi) is 3.22. The maximum absolute atomic E-state index is 5.94. The monoisotopic (exact) mass is 306 g/mol. The molecule has 0 bridgehead atoms. The number of hydrogen-bond acceptors (Lipinski definition) is 3. The van der Waals surface area contributed by atoms with Crippen LogP contribution in [0, 0.1) is 0 Å². The number of oxazole rings is 1. The van der Waals surface area contributed by atoms with E-state index in [0.29, 0.717) is 0 Å². The Hall–Kier alpha value is -1.13. The Morgan fingerprint density at radius 2 is 2.11 bits per heavy atom. The van der Waals surface area contributed by atoms with Crippen LogP contribution in [-0.2, 0) is 19.3 Å². The summed E-state index contributed by atoms with van der Waals surface area (Å²) in [5, 5.41) is 0. The SMILES string of the molecule is NC1CCc2oc(Cc3ccc(Br)cc3)nc2C1. The summed E-state index contributed by atoms with van der Waals surface area (Å²) in [5.74, 6) is 1.83. The van der Waals surface area contributed by atoms with Crippen LogP contribution < -0.4 is 5.73 Å². The molecule has 0 saturated heterocycles. The van der Waals surface area contributed by atoms with E-state index in [9.17, 15) is 0 Å². The predicted molar refractivity (Wildman–Crippen MR) is 73.5 cm³/mol. The molecule has 4 heteroatoms. The average molecular weight is 307 g/mol. The second-order valence-electron chi connectivity index (χ2n) is 4.78. The van der Waals surface area contributed by atoms with Gasteiger partial charge < -0.3 is 10.2 Å². The quantitative estimate of drug-likeness (QED) is 0.928. The van der Waals surface area contributed by atoms with Crippen LogP contribution in [0.1, 0.15) is 29.3 Å². The lowest BCUT2D eigenvalue weighted by Crippen LogP contribution is -2.27. The van der Waals surface area contributed by atoms with Gasteiger partial charge in [-0.05, 0) is 24.1 Å². The van der Waals surface area contributed by atoms with Crippen LogP contribution >= 0.6 is 15.9 Å². The lowest BCUT2D eigenvalue weighted by atomic mass is 9.98. The van der Waals surface area contributed by atoms with Crippen molar-refractivity contribution in [1.82, 2.24) is 4.98 Å². The van der Waals surface area contributed by atoms with Crippen molar-refractivity contribution in [3.63, 3.8) is 0 Å². The first-order chi connectivity index (χ1) is 8.70. The molecule has 0 radical (unpaired) electrons. The Balaban J connectivity index is 1.79. The third-order valence-corrected chi connectivity index (χ3v) is 3.82. The topological polar surface area (TPSA) is 52.0 Å². The van der Waals surface area contributed by atoms with E-state index < -0.39 is 0 Å². The van der Waals surface area contributed by atoms with Crippen LogP contribution in [0.25, 0.3) is 0 Å². The lowest BCUT2D eigenvalue weighted by Gasteiger charge is -2.14. The first-order valence-corrected chi connectivity index (χ1v) is 6.97. The number of halogens is 1. The van der Waals surface area contributed by atoms with E-state index in [1.165, 1.54) is 5.56 Å². The molecule has 2 N–H and O–H groups in total. The van der Waals surface area contributed by atoms with E-state index >= 15 is 0 Å². The minimum absolute atomic E-state index is 0.239. The Morgan fingerprint density at radius 3 is 2.89 bits per heavy atom. The zero-order chi connectivity index (χ0) is 12.5. The molecule has 1 atom stereocenters. The van der Waals surface area contributed by atoms with Crippen molar-refractivity contribution in [3.05, 3.63) is 51.6 Å². The van der Waals surface area contributed by atoms with E-state index in [1.54, 1.807) is 0 Å². The number of benzene rings is 1. The molecule has 1 aromatic carbocycles. The molecule has 0 aliphatic heterocycles. The Bertz CT molecular complexity index is 547. The average Bonchev–Trinajstić information content (AvgIpc) is 2.73. The number of nitrogens with two attached hydrogens (primary N) is 1. The van der Waals surface area contributed by atoms with E-state index in [1.807, 2.05) is 12.1 Å². The first-order valence-electron chi connectivity index (χ1n) is 6.18. The highest BCUT2D eigenvalue weighted by molar-refractivity contribution is 9.10. The Labute approximate surface area is 115 Å². The zero-order valence-corrected chi connectivity index (χ0v) is 11.6. The molecular formula is C14H15BrN2O. The van der Waals surface area contributed by atoms with E-state index in [4.69, 9.17) is 10.2 Å². The maximum Gasteiger partial charge on any atom is 0.199 e. The molecule has 1 aliphatic carbocycles. The fraction of sp³-hybridized carbons (Fsp3) is 0.357. The van der Waals surface area contributed by atoms with Crippen molar-refractivity contribution in [2.24, 2.45) is 5.73 Å². The van der Waals surface area contributed by atoms with Crippen LogP contribution in [0.3, 0.4) is 0 Å². The fourth-order valence-electron chi connectivity index (χ4n) is 2.31. The number of hydrogen-bond donors (Lipinski definition) is 1. The number of aryl methyl sites for hydroxylation is 1. The molecule has 2 aromatic rings. The number of rotatable bonds is 2. The van der Waals surface area contributed by atoms with Gasteiger partial charge >= 0.3 is 0 Å². The van der Waals surface area contributed by atoms with Gasteiger partial charge in [0.25, 0.3) is 0 Å². The van der Waals surface area contributed by atoms with Gasteiger partial charge in [-0.25, -0.2) is 4.98 Å². The summed E-state index contributed by atoms with van der Waals surface area (Å²) in [5.41, 5.74) is 8.21. The van der Waals surface area contributed by atoms with Gasteiger partial charge in [0.1, 0.15) is 5.76 Å². The highest BCUT2D eigenvalue weighted by atomic mass is 79.9. The van der Waals surface area contributed by atoms with Gasteiger partial charge in [0.15, 0.2) is 5.89 Å². The summed E-state index contributed by atoms with van der Waals surface area (Å²) in [6.07, 6.45) is 3.51. The molecule has 1 aliphatic rings. The molecule has 1 aromatic heterocycles. The van der Waals surface area contributed by atoms with E-state index in [0.717, 1.165) is 47.5 Å². The van der Waals surface area contributed by atoms with Crippen molar-refractivity contribution >= 4 is 15.9 Å². The molecule has 0 fully saturated rings. The second-order valence-corrected chi connectivity index (χ2v) is 5.70. The lowest BCUT2D eigenvalue weighted by molar-refractivity contribution is 0.433. The molecule has 94 valence electrons. The molecule has 18 heavy (non-hydrogen) atoms. The number of fused-ring (bicyclic) bond motifs is 1. The fourth-order valence-corrected chi connectivity index (χ4v) is 2.58. The normalized spacial score (nSPS) is 18.7. The summed E-state index contributed by atoms with van der Waals surface area (Å²) < 4.78 is 6.90. The van der Waals surface area contributed by atoms with Gasteiger partial charge in [0.2, 0.25) is 0 Å². The van der Waals surface area contributed by atoms with Gasteiger partial charge in [0.05, 0.1) is 5.69 Å². The molecular weight excluding hydrogens is 292 g/mol. The molecule has 1 heterocycles. The van der Waals surface area contributed by atoms with Crippen molar-refractivity contribution < 1.29 is 4.42 Å². The van der Waals surface area contributed by atoms with Gasteiger partial charge in [-0.2, -0.15) is 0 Å². The molecule has 0 amide bonds. The van der Waals surface area contributed by atoms with Crippen LogP contribution in [-0.4, -0.2) is 11.0 Å². The Morgan fingerprint density at radius 1 is 1.33 bits per heavy atom. The van der Waals surface area contributed by atoms with Crippen molar-refractivity contribution in [2.45, 2.75) is 31.7 Å². The molecule has 0 saturated carbocycles. The van der Waals surface area contributed by atoms with Gasteiger partial charge in [-0.1, -0.05) is 28.1 Å². The first kappa shape index (κ1) is 11.9. The van der Waals surface area contributed by atoms with E-state index in [-0.39, 0.29) is 6.04 Å². The van der Waals surface area contributed by atoms with Crippen LogP contribution in [0.2, 0.25) is 0 Å². The summed E-state index contributed by atoms with van der Waals surface area (Å²) in [7, 11) is 0. The minimum Gasteiger partial charge on any atom is -0.445 e. The summed E-state index contributed by atoms with van der Waals surface area (Å²) in [4.78, 5) is 4.56. The smallest absolute Gasteiger partial charge is 0.199 e. The molecule has 3 rings (SSSR count). The van der Waals surface area contributed by atoms with Crippen LogP contribution in [0.4, 0.5) is 0 Å². The number of aromatic nitrogens is 1. The second kappa shape index (κ2) is 4.86. The largest absolute Gasteiger partial charge is 0.445 e. The van der Waals surface area contributed by atoms with Crippen molar-refractivity contribution in [2.75, 3.05) is 0 Å². The predicted octanol–water partition coefficient (Wildman–Crippen LogP) is 2.84. The number of nitrogens with zero attached hydrogens (tertiary/aromatic N) is 1. The van der Waals surface area contributed by atoms with Gasteiger partial charge in [-0.15, -0.1) is 0 Å². The molecule has 0 spiro atoms. The van der Waals surface area contributed by atoms with Gasteiger partial charge in [0, 0.05) is 29.8 Å². The molecule has 1 unspecified atom stereocenters. The summed E-state index contributed by atoms with van der Waals surface area (Å²) in [6.45, 7) is 0. The highest BCUT2D eigenvalue weighted by Gasteiger charge is 2.21. The van der Waals surface area contributed by atoms with E-state index in [2.05, 4.69) is 33.0 Å². The maximum atomic E-state index is 5.94. The summed E-state index contributed by atoms with van der Waals surface area (Å²) in [6, 6.07) is 8.48. The standard InChI is InChI=1S/C14H15BrN2O/c15-10-3-1-9(2-4-10)7-14-17-12-8-11(16)5-6-13(12)18-14/h1-4,11H,5-8,16H2. The third-order valence-electron chi connectivity index (χ3n) is 3.29. The van der Waals surface area contributed by atoms with Crippen molar-refractivity contribution in [3.8, 4) is 0 Å². The third kappa shape index (κ3) is 2.49. The minimum atomic E-state index is 0.239. The highest BCUT2D eigenvalue weighted by Crippen LogP contribution is 2.23. The van der Waals surface area contributed by atoms with Crippen LogP contribution in [0.15, 0.2) is 33.2 Å². The van der Waals surface area contributed by atoms with Crippen molar-refractivity contribution in [1.29, 1.82) is 0 Å². The molecule has 3 nitrogen and oxygen atoms in total. The summed E-state index contributed by atoms with van der Waals surface area (Å²) >= 11 is 3.43.